The van der Waals surface area contributed by atoms with Crippen molar-refractivity contribution in [2.24, 2.45) is 5.92 Å². The Morgan fingerprint density at radius 3 is 2.60 bits per heavy atom. The number of hydrogen-bond donors (Lipinski definition) is 2. The van der Waals surface area contributed by atoms with Crippen LogP contribution in [0.2, 0.25) is 10.0 Å². The number of nitrogens with zero attached hydrogens (tertiary/aromatic N) is 1. The lowest BCUT2D eigenvalue weighted by molar-refractivity contribution is -0.124. The first kappa shape index (κ1) is 19.0. The van der Waals surface area contributed by atoms with Crippen LogP contribution < -0.4 is 5.32 Å². The highest BCUT2D eigenvalue weighted by atomic mass is 35.5. The Labute approximate surface area is 159 Å². The Hall–Kier alpha value is -0.810. The van der Waals surface area contributed by atoms with Gasteiger partial charge in [-0.3, -0.25) is 4.79 Å². The molecule has 1 amide bonds. The fourth-order valence-corrected chi connectivity index (χ4v) is 3.92. The highest BCUT2D eigenvalue weighted by molar-refractivity contribution is 6.42. The van der Waals surface area contributed by atoms with E-state index >= 15 is 0 Å². The maximum Gasteiger partial charge on any atom is 0.223 e. The first-order chi connectivity index (χ1) is 11.8. The highest BCUT2D eigenvalue weighted by Crippen LogP contribution is 2.48. The van der Waals surface area contributed by atoms with E-state index in [0.29, 0.717) is 35.5 Å². The number of nitrogens with one attached hydrogen (secondary N) is 1. The second-order valence-electron chi connectivity index (χ2n) is 7.69. The second-order valence-corrected chi connectivity index (χ2v) is 8.51. The summed E-state index contributed by atoms with van der Waals surface area (Å²) in [6.45, 7) is 6.42. The monoisotopic (exact) mass is 384 g/mol. The molecule has 2 fully saturated rings. The molecule has 25 heavy (non-hydrogen) atoms. The molecule has 0 spiro atoms. The normalized spacial score (nSPS) is 25.8. The molecule has 1 saturated carbocycles. The molecule has 1 aliphatic carbocycles. The zero-order chi connectivity index (χ0) is 18.2. The number of benzene rings is 1. The van der Waals surface area contributed by atoms with Gasteiger partial charge in [-0.25, -0.2) is 0 Å². The number of piperidine rings is 1. The summed E-state index contributed by atoms with van der Waals surface area (Å²) >= 11 is 12.0. The minimum absolute atomic E-state index is 0.0239. The van der Waals surface area contributed by atoms with Crippen LogP contribution in [0.4, 0.5) is 0 Å². The number of aliphatic hydroxyl groups is 1. The van der Waals surface area contributed by atoms with Crippen molar-refractivity contribution in [2.45, 2.75) is 50.7 Å². The summed E-state index contributed by atoms with van der Waals surface area (Å²) in [6, 6.07) is 6.05. The summed E-state index contributed by atoms with van der Waals surface area (Å²) in [4.78, 5) is 14.8. The van der Waals surface area contributed by atoms with Crippen LogP contribution in [0.25, 0.3) is 0 Å². The maximum absolute atomic E-state index is 12.4. The highest BCUT2D eigenvalue weighted by Gasteiger charge is 2.44. The average molecular weight is 385 g/mol. The zero-order valence-corrected chi connectivity index (χ0v) is 16.3. The molecule has 2 N–H and O–H groups in total. The topological polar surface area (TPSA) is 52.6 Å². The van der Waals surface area contributed by atoms with Crippen LogP contribution in [0.5, 0.6) is 0 Å². The molecule has 2 atom stereocenters. The number of likely N-dealkylation sites (tertiary alicyclic amines) is 1. The van der Waals surface area contributed by atoms with E-state index in [1.165, 1.54) is 0 Å². The van der Waals surface area contributed by atoms with Gasteiger partial charge in [-0.1, -0.05) is 29.3 Å². The van der Waals surface area contributed by atoms with Gasteiger partial charge >= 0.3 is 0 Å². The van der Waals surface area contributed by atoms with Crippen LogP contribution in [0.15, 0.2) is 18.2 Å². The Morgan fingerprint density at radius 1 is 1.32 bits per heavy atom. The Kier molecular flexibility index (Phi) is 5.64. The fourth-order valence-electron chi connectivity index (χ4n) is 3.61. The van der Waals surface area contributed by atoms with Gasteiger partial charge in [-0.15, -0.1) is 0 Å². The average Bonchev–Trinajstić information content (AvgIpc) is 3.36. The third-order valence-electron chi connectivity index (χ3n) is 5.55. The molecule has 1 aromatic carbocycles. The molecule has 138 valence electrons. The molecule has 3 rings (SSSR count). The van der Waals surface area contributed by atoms with Gasteiger partial charge in [0.25, 0.3) is 0 Å². The van der Waals surface area contributed by atoms with Crippen LogP contribution in [0.3, 0.4) is 0 Å². The van der Waals surface area contributed by atoms with Gasteiger partial charge in [0.2, 0.25) is 5.91 Å². The van der Waals surface area contributed by atoms with Gasteiger partial charge in [-0.05, 0) is 56.7 Å². The first-order valence-electron chi connectivity index (χ1n) is 8.98. The lowest BCUT2D eigenvalue weighted by Gasteiger charge is -2.40. The number of rotatable bonds is 5. The Balaban J connectivity index is 1.48. The molecule has 1 aliphatic heterocycles. The third kappa shape index (κ3) is 4.48. The maximum atomic E-state index is 12.4. The third-order valence-corrected chi connectivity index (χ3v) is 6.29. The first-order valence-corrected chi connectivity index (χ1v) is 9.74. The minimum atomic E-state index is -0.783. The van der Waals surface area contributed by atoms with E-state index in [2.05, 4.69) is 24.1 Å². The van der Waals surface area contributed by atoms with E-state index in [9.17, 15) is 9.90 Å². The number of carbonyl (C=O) groups is 1. The van der Waals surface area contributed by atoms with Crippen molar-refractivity contribution in [1.29, 1.82) is 0 Å². The molecule has 4 nitrogen and oxygen atoms in total. The van der Waals surface area contributed by atoms with Crippen molar-refractivity contribution in [1.82, 2.24) is 10.2 Å². The summed E-state index contributed by atoms with van der Waals surface area (Å²) in [5.41, 5.74) is 0.271. The summed E-state index contributed by atoms with van der Waals surface area (Å²) in [6.07, 6.45) is 2.22. The Bertz CT molecular complexity index is 642. The lowest BCUT2D eigenvalue weighted by atomic mass is 9.90. The molecule has 2 aliphatic rings. The SMILES string of the molecule is CC(C)N1CCC(O)(CNC(=O)[C@H]2C[C@H]2c2ccc(Cl)c(Cl)c2)CC1. The molecule has 0 bridgehead atoms. The number of carbonyl (C=O) groups excluding carboxylic acids is 1. The van der Waals surface area contributed by atoms with Crippen molar-refractivity contribution in [3.63, 3.8) is 0 Å². The number of hydrogen-bond acceptors (Lipinski definition) is 3. The molecule has 6 heteroatoms. The standard InChI is InChI=1S/C19H26Cl2N2O2/c1-12(2)23-7-5-19(25,6-8-23)11-22-18(24)15-10-14(15)13-3-4-16(20)17(21)9-13/h3-4,9,12,14-15,25H,5-8,10-11H2,1-2H3,(H,22,24)/t14-,15-/m0/s1. The smallest absolute Gasteiger partial charge is 0.223 e. The molecular weight excluding hydrogens is 359 g/mol. The van der Waals surface area contributed by atoms with Crippen molar-refractivity contribution in [2.75, 3.05) is 19.6 Å². The molecule has 0 aromatic heterocycles. The van der Waals surface area contributed by atoms with Gasteiger partial charge < -0.3 is 15.3 Å². The number of halogens is 2. The molecule has 0 radical (unpaired) electrons. The summed E-state index contributed by atoms with van der Waals surface area (Å²) in [7, 11) is 0. The van der Waals surface area contributed by atoms with Crippen LogP contribution in [-0.2, 0) is 4.79 Å². The van der Waals surface area contributed by atoms with Gasteiger partial charge in [0.15, 0.2) is 0 Å². The van der Waals surface area contributed by atoms with Crippen LogP contribution in [0.1, 0.15) is 44.6 Å². The van der Waals surface area contributed by atoms with Crippen LogP contribution >= 0.6 is 23.2 Å². The van der Waals surface area contributed by atoms with Gasteiger partial charge in [-0.2, -0.15) is 0 Å². The van der Waals surface area contributed by atoms with E-state index in [0.717, 1.165) is 25.1 Å². The van der Waals surface area contributed by atoms with Crippen molar-refractivity contribution in [3.05, 3.63) is 33.8 Å². The quantitative estimate of drug-likeness (QED) is 0.817. The van der Waals surface area contributed by atoms with Crippen LogP contribution in [-0.4, -0.2) is 47.2 Å². The molecule has 1 saturated heterocycles. The number of amides is 1. The van der Waals surface area contributed by atoms with Crippen molar-refractivity contribution >= 4 is 29.1 Å². The van der Waals surface area contributed by atoms with Gasteiger partial charge in [0.05, 0.1) is 15.6 Å². The lowest BCUT2D eigenvalue weighted by Crippen LogP contribution is -2.52. The Morgan fingerprint density at radius 2 is 2.00 bits per heavy atom. The predicted octanol–water partition coefficient (Wildman–Crippen LogP) is 3.45. The summed E-state index contributed by atoms with van der Waals surface area (Å²) < 4.78 is 0. The van der Waals surface area contributed by atoms with E-state index in [4.69, 9.17) is 23.2 Å². The largest absolute Gasteiger partial charge is 0.388 e. The molecule has 1 heterocycles. The second kappa shape index (κ2) is 7.43. The summed E-state index contributed by atoms with van der Waals surface area (Å²) in [5.74, 6) is 0.194. The molecular formula is C19H26Cl2N2O2. The van der Waals surface area contributed by atoms with E-state index in [1.54, 1.807) is 6.07 Å². The van der Waals surface area contributed by atoms with Gasteiger partial charge in [0.1, 0.15) is 0 Å². The van der Waals surface area contributed by atoms with Crippen molar-refractivity contribution < 1.29 is 9.90 Å². The molecule has 0 unspecified atom stereocenters. The van der Waals surface area contributed by atoms with E-state index < -0.39 is 5.60 Å². The van der Waals surface area contributed by atoms with E-state index in [-0.39, 0.29) is 17.7 Å². The van der Waals surface area contributed by atoms with E-state index in [1.807, 2.05) is 12.1 Å². The summed E-state index contributed by atoms with van der Waals surface area (Å²) in [5, 5.41) is 14.7. The van der Waals surface area contributed by atoms with Crippen LogP contribution in [0, 0.1) is 5.92 Å². The fraction of sp³-hybridized carbons (Fsp3) is 0.632. The zero-order valence-electron chi connectivity index (χ0n) is 14.8. The van der Waals surface area contributed by atoms with Gasteiger partial charge in [0, 0.05) is 31.6 Å². The van der Waals surface area contributed by atoms with Crippen molar-refractivity contribution in [3.8, 4) is 0 Å². The molecule has 1 aromatic rings. The predicted molar refractivity (Wildman–Crippen MR) is 101 cm³/mol. The minimum Gasteiger partial charge on any atom is -0.388 e.